The lowest BCUT2D eigenvalue weighted by Gasteiger charge is -2.38. The molecule has 59 heavy (non-hydrogen) atoms. The number of fused-ring (bicyclic) bond motifs is 5. The summed E-state index contributed by atoms with van der Waals surface area (Å²) in [6, 6.07) is 8.16. The van der Waals surface area contributed by atoms with Crippen LogP contribution in [0.5, 0.6) is 0 Å². The molecular formula is C44H51F2N7O6. The van der Waals surface area contributed by atoms with Crippen LogP contribution in [0.25, 0.3) is 28.0 Å². The Bertz CT molecular complexity index is 2250. The number of methoxy groups -OCH3 is 2. The van der Waals surface area contributed by atoms with E-state index in [2.05, 4.69) is 20.6 Å². The second-order valence-electron chi connectivity index (χ2n) is 17.1. The van der Waals surface area contributed by atoms with Gasteiger partial charge in [-0.05, 0) is 84.3 Å². The Hall–Kier alpha value is -5.60. The molecule has 2 bridgehead atoms. The van der Waals surface area contributed by atoms with E-state index in [4.69, 9.17) is 14.5 Å². The molecule has 3 aromatic rings. The van der Waals surface area contributed by atoms with Crippen LogP contribution in [0.15, 0.2) is 53.8 Å². The third-order valence-electron chi connectivity index (χ3n) is 12.9. The van der Waals surface area contributed by atoms with Gasteiger partial charge in [-0.3, -0.25) is 14.6 Å². The minimum atomic E-state index is -3.28. The summed E-state index contributed by atoms with van der Waals surface area (Å²) in [6.45, 7) is 7.97. The Morgan fingerprint density at radius 3 is 2.14 bits per heavy atom. The number of aliphatic imine (C=N–C) groups is 1. The first-order valence-corrected chi connectivity index (χ1v) is 20.5. The first-order chi connectivity index (χ1) is 28.2. The fraction of sp³-hybridized carbons (Fsp3) is 0.500. The van der Waals surface area contributed by atoms with Gasteiger partial charge in [0.15, 0.2) is 0 Å². The SMILES string of the molecule is COC(=O)N[C@H](C(=O)N1CCC[C@H]1c1ncc(-c2ccc3c(c2)C(F)(F)c2cc(C4=CN=C([C@@H]5[C@H]6CC[C@H](C6)N5C(=O)[C@@H](NC(=O)OC)C(C)C)C4)ccc2-3)[nH]1)C(C)C. The highest BCUT2D eigenvalue weighted by atomic mass is 19.3. The van der Waals surface area contributed by atoms with Crippen LogP contribution in [0.4, 0.5) is 18.4 Å². The number of benzene rings is 2. The number of amides is 4. The van der Waals surface area contributed by atoms with Gasteiger partial charge in [-0.15, -0.1) is 0 Å². The van der Waals surface area contributed by atoms with Crippen LogP contribution in [0.3, 0.4) is 0 Å². The molecule has 3 N–H and O–H groups in total. The van der Waals surface area contributed by atoms with Gasteiger partial charge in [0.1, 0.15) is 17.9 Å². The topological polar surface area (TPSA) is 158 Å². The van der Waals surface area contributed by atoms with Gasteiger partial charge in [0, 0.05) is 47.6 Å². The van der Waals surface area contributed by atoms with Crippen LogP contribution in [-0.4, -0.2) is 94.4 Å². The van der Waals surface area contributed by atoms with E-state index in [-0.39, 0.29) is 58.8 Å². The minimum absolute atomic E-state index is 0.0568. The van der Waals surface area contributed by atoms with E-state index in [9.17, 15) is 19.2 Å². The van der Waals surface area contributed by atoms with E-state index in [1.807, 2.05) is 38.7 Å². The second-order valence-corrected chi connectivity index (χ2v) is 17.1. The standard InChI is InChI=1S/C44H51F2N7O6/c1-22(2)36(50-42(56)58-5)40(54)52-15-7-8-35(52)39-48-21-34(49-39)25-11-14-30-29-13-10-24(17-31(29)44(45,46)32(30)18-25)27-19-33(47-20-27)38-26-9-12-28(16-26)53(38)41(55)37(23(3)4)51-43(57)59-6/h10-11,13-14,17-18,20-23,26,28,35-38H,7-9,12,15-16,19H2,1-6H3,(H,48,49)(H,50,56)(H,51,57)/t26-,28+,35-,36-,37-,38-/m0/s1. The van der Waals surface area contributed by atoms with Crippen molar-refractivity contribution in [3.8, 4) is 22.4 Å². The van der Waals surface area contributed by atoms with Gasteiger partial charge in [0.25, 0.3) is 5.92 Å². The average Bonchev–Trinajstić information content (AvgIpc) is 4.09. The van der Waals surface area contributed by atoms with Crippen molar-refractivity contribution >= 4 is 35.3 Å². The summed E-state index contributed by atoms with van der Waals surface area (Å²) >= 11 is 0. The number of likely N-dealkylation sites (tertiary alicyclic amines) is 2. The minimum Gasteiger partial charge on any atom is -0.453 e. The predicted octanol–water partition coefficient (Wildman–Crippen LogP) is 7.19. The molecule has 3 fully saturated rings. The number of piperidine rings is 1. The fourth-order valence-corrected chi connectivity index (χ4v) is 9.84. The zero-order chi connectivity index (χ0) is 41.9. The van der Waals surface area contributed by atoms with E-state index in [0.717, 1.165) is 37.0 Å². The summed E-state index contributed by atoms with van der Waals surface area (Å²) < 4.78 is 42.6. The number of imidazole rings is 1. The van der Waals surface area contributed by atoms with Crippen LogP contribution < -0.4 is 10.6 Å². The Balaban J connectivity index is 0.986. The largest absolute Gasteiger partial charge is 0.453 e. The highest BCUT2D eigenvalue weighted by Crippen LogP contribution is 2.53. The molecule has 4 heterocycles. The van der Waals surface area contributed by atoms with Crippen LogP contribution in [0.1, 0.15) is 94.8 Å². The molecule has 6 atom stereocenters. The van der Waals surface area contributed by atoms with Gasteiger partial charge in [0.2, 0.25) is 11.8 Å². The Morgan fingerprint density at radius 2 is 1.49 bits per heavy atom. The van der Waals surface area contributed by atoms with Crippen molar-refractivity contribution < 1.29 is 37.4 Å². The van der Waals surface area contributed by atoms with Gasteiger partial charge in [0.05, 0.1) is 38.2 Å². The lowest BCUT2D eigenvalue weighted by atomic mass is 9.89. The molecule has 5 aliphatic rings. The number of allylic oxidation sites excluding steroid dienone is 1. The zero-order valence-electron chi connectivity index (χ0n) is 34.2. The van der Waals surface area contributed by atoms with Crippen molar-refractivity contribution in [2.45, 2.75) is 102 Å². The number of H-pyrrole nitrogens is 1. The van der Waals surface area contributed by atoms with E-state index in [1.54, 1.807) is 41.6 Å². The number of nitrogens with one attached hydrogen (secondary N) is 3. The molecule has 312 valence electrons. The first kappa shape index (κ1) is 40.2. The monoisotopic (exact) mass is 811 g/mol. The lowest BCUT2D eigenvalue weighted by molar-refractivity contribution is -0.137. The number of carbonyl (C=O) groups excluding carboxylic acids is 4. The summed E-state index contributed by atoms with van der Waals surface area (Å²) in [5, 5.41) is 5.37. The lowest BCUT2D eigenvalue weighted by Crippen LogP contribution is -2.57. The molecule has 0 radical (unpaired) electrons. The number of aromatic nitrogens is 2. The van der Waals surface area contributed by atoms with E-state index < -0.39 is 30.2 Å². The van der Waals surface area contributed by atoms with Crippen molar-refractivity contribution in [1.82, 2.24) is 30.4 Å². The maximum Gasteiger partial charge on any atom is 0.407 e. The number of alkyl halides is 2. The molecule has 2 aromatic carbocycles. The number of ether oxygens (including phenoxy) is 2. The van der Waals surface area contributed by atoms with E-state index in [0.29, 0.717) is 53.2 Å². The summed E-state index contributed by atoms with van der Waals surface area (Å²) in [7, 11) is 2.52. The third kappa shape index (κ3) is 7.05. The summed E-state index contributed by atoms with van der Waals surface area (Å²) in [6.07, 6.45) is 6.59. The number of rotatable bonds is 10. The Kier molecular flexibility index (Phi) is 10.6. The number of alkyl carbamates (subject to hydrolysis) is 2. The average molecular weight is 812 g/mol. The number of nitrogens with zero attached hydrogens (tertiary/aromatic N) is 4. The van der Waals surface area contributed by atoms with Crippen molar-refractivity contribution in [3.63, 3.8) is 0 Å². The van der Waals surface area contributed by atoms with Crippen LogP contribution in [-0.2, 0) is 25.0 Å². The molecule has 2 saturated heterocycles. The summed E-state index contributed by atoms with van der Waals surface area (Å²) in [5.41, 5.74) is 4.14. The molecular weight excluding hydrogens is 761 g/mol. The third-order valence-corrected chi connectivity index (χ3v) is 12.9. The molecule has 4 amide bonds. The van der Waals surface area contributed by atoms with Crippen molar-refractivity contribution in [1.29, 1.82) is 0 Å². The summed E-state index contributed by atoms with van der Waals surface area (Å²) in [4.78, 5) is 68.1. The van der Waals surface area contributed by atoms with E-state index >= 15 is 8.78 Å². The first-order valence-electron chi connectivity index (χ1n) is 20.5. The second kappa shape index (κ2) is 15.5. The quantitative estimate of drug-likeness (QED) is 0.196. The molecule has 13 nitrogen and oxygen atoms in total. The molecule has 0 unspecified atom stereocenters. The molecule has 8 rings (SSSR count). The Labute approximate surface area is 342 Å². The van der Waals surface area contributed by atoms with Gasteiger partial charge >= 0.3 is 12.2 Å². The maximum absolute atomic E-state index is 16.5. The predicted molar refractivity (Wildman–Crippen MR) is 216 cm³/mol. The highest BCUT2D eigenvalue weighted by molar-refractivity contribution is 6.04. The highest BCUT2D eigenvalue weighted by Gasteiger charge is 2.52. The maximum atomic E-state index is 16.5. The van der Waals surface area contributed by atoms with Crippen molar-refractivity contribution in [2.75, 3.05) is 20.8 Å². The zero-order valence-corrected chi connectivity index (χ0v) is 34.2. The van der Waals surface area contributed by atoms with Gasteiger partial charge < -0.3 is 34.9 Å². The van der Waals surface area contributed by atoms with Gasteiger partial charge in [-0.1, -0.05) is 52.0 Å². The number of aromatic amines is 1. The normalized spacial score (nSPS) is 23.5. The van der Waals surface area contributed by atoms with Crippen LogP contribution in [0.2, 0.25) is 0 Å². The molecule has 3 aliphatic heterocycles. The molecule has 2 aliphatic carbocycles. The van der Waals surface area contributed by atoms with Crippen LogP contribution >= 0.6 is 0 Å². The number of hydrogen-bond donors (Lipinski definition) is 3. The molecule has 0 spiro atoms. The molecule has 15 heteroatoms. The Morgan fingerprint density at radius 1 is 0.864 bits per heavy atom. The van der Waals surface area contributed by atoms with Gasteiger partial charge in [-0.2, -0.15) is 8.78 Å². The molecule has 1 aromatic heterocycles. The van der Waals surface area contributed by atoms with Crippen LogP contribution in [0, 0.1) is 17.8 Å². The molecule has 1 saturated carbocycles. The number of halogens is 2. The number of hydrogen-bond acceptors (Lipinski definition) is 8. The fourth-order valence-electron chi connectivity index (χ4n) is 9.84. The summed E-state index contributed by atoms with van der Waals surface area (Å²) in [5.74, 6) is -3.21. The van der Waals surface area contributed by atoms with E-state index in [1.165, 1.54) is 20.3 Å². The van der Waals surface area contributed by atoms with Gasteiger partial charge in [-0.25, -0.2) is 14.6 Å². The van der Waals surface area contributed by atoms with Crippen molar-refractivity contribution in [3.05, 3.63) is 71.3 Å². The smallest absolute Gasteiger partial charge is 0.407 e. The number of carbonyl (C=O) groups is 4. The van der Waals surface area contributed by atoms with Crippen molar-refractivity contribution in [2.24, 2.45) is 22.7 Å².